The molecule has 0 spiro atoms. The second-order valence-electron chi connectivity index (χ2n) is 5.74. The first-order valence-electron chi connectivity index (χ1n) is 6.41. The van der Waals surface area contributed by atoms with Gasteiger partial charge in [-0.1, -0.05) is 0 Å². The number of nitrogens with zero attached hydrogens (tertiary/aromatic N) is 2. The summed E-state index contributed by atoms with van der Waals surface area (Å²) in [5.41, 5.74) is 6.32. The molecule has 0 saturated heterocycles. The fourth-order valence-corrected chi connectivity index (χ4v) is 1.61. The third-order valence-electron chi connectivity index (χ3n) is 3.63. The molecule has 5 nitrogen and oxygen atoms in total. The fraction of sp³-hybridized carbons (Fsp3) is 0.692. The largest absolute Gasteiger partial charge is 0.391 e. The molecule has 1 aliphatic carbocycles. The maximum Gasteiger partial charge on any atom is 0.136 e. The molecule has 0 aliphatic heterocycles. The van der Waals surface area contributed by atoms with Crippen LogP contribution in [0, 0.1) is 6.92 Å². The van der Waals surface area contributed by atoms with E-state index in [1.807, 2.05) is 20.8 Å². The molecule has 1 atom stereocenters. The minimum absolute atomic E-state index is 0.452. The Morgan fingerprint density at radius 2 is 2.00 bits per heavy atom. The second-order valence-corrected chi connectivity index (χ2v) is 5.74. The molecule has 0 aromatic carbocycles. The number of hydrogen-bond donors (Lipinski definition) is 3. The number of nitrogen functional groups attached to an aromatic ring is 1. The molecule has 2 rings (SSSR count). The first-order chi connectivity index (χ1) is 8.31. The number of nitrogens with one attached hydrogen (secondary N) is 1. The summed E-state index contributed by atoms with van der Waals surface area (Å²) in [6.45, 7) is 7.53. The third-order valence-corrected chi connectivity index (χ3v) is 3.63. The number of hydrogen-bond acceptors (Lipinski definition) is 5. The summed E-state index contributed by atoms with van der Waals surface area (Å²) in [7, 11) is 0. The zero-order valence-electron chi connectivity index (χ0n) is 11.5. The Morgan fingerprint density at radius 3 is 2.50 bits per heavy atom. The first kappa shape index (κ1) is 13.1. The number of aromatic nitrogens is 2. The normalized spacial score (nSPS) is 17.6. The molecule has 0 amide bonds. The van der Waals surface area contributed by atoms with E-state index in [0.29, 0.717) is 11.7 Å². The Hall–Kier alpha value is -1.36. The smallest absolute Gasteiger partial charge is 0.136 e. The van der Waals surface area contributed by atoms with Crippen LogP contribution in [-0.4, -0.2) is 26.7 Å². The predicted octanol–water partition coefficient (Wildman–Crippen LogP) is 1.82. The van der Waals surface area contributed by atoms with Crippen molar-refractivity contribution in [3.05, 3.63) is 11.4 Å². The van der Waals surface area contributed by atoms with Gasteiger partial charge in [0.15, 0.2) is 0 Å². The Balaban J connectivity index is 2.31. The maximum absolute atomic E-state index is 9.76. The van der Waals surface area contributed by atoms with Gasteiger partial charge < -0.3 is 16.2 Å². The molecule has 18 heavy (non-hydrogen) atoms. The highest BCUT2D eigenvalue weighted by Crippen LogP contribution is 2.39. The summed E-state index contributed by atoms with van der Waals surface area (Å²) in [6.07, 6.45) is 1.79. The molecule has 1 unspecified atom stereocenters. The van der Waals surface area contributed by atoms with Gasteiger partial charge in [-0.3, -0.25) is 0 Å². The molecule has 1 fully saturated rings. The van der Waals surface area contributed by atoms with Gasteiger partial charge in [-0.05, 0) is 40.5 Å². The van der Waals surface area contributed by atoms with Crippen LogP contribution in [0.25, 0.3) is 0 Å². The van der Waals surface area contributed by atoms with E-state index in [1.54, 1.807) is 6.92 Å². The minimum Gasteiger partial charge on any atom is -0.391 e. The highest BCUT2D eigenvalue weighted by Gasteiger charge is 2.30. The van der Waals surface area contributed by atoms with E-state index >= 15 is 0 Å². The van der Waals surface area contributed by atoms with Crippen molar-refractivity contribution in [1.29, 1.82) is 0 Å². The van der Waals surface area contributed by atoms with Crippen LogP contribution in [0.5, 0.6) is 0 Å². The molecule has 1 aromatic rings. The highest BCUT2D eigenvalue weighted by molar-refractivity contribution is 5.56. The lowest BCUT2D eigenvalue weighted by Gasteiger charge is -2.30. The van der Waals surface area contributed by atoms with Crippen molar-refractivity contribution in [1.82, 2.24) is 9.97 Å². The summed E-state index contributed by atoms with van der Waals surface area (Å²) in [6, 6.07) is 0. The van der Waals surface area contributed by atoms with Gasteiger partial charge in [-0.2, -0.15) is 0 Å². The average Bonchev–Trinajstić information content (AvgIpc) is 3.07. The highest BCUT2D eigenvalue weighted by atomic mass is 16.3. The van der Waals surface area contributed by atoms with Crippen molar-refractivity contribution in [2.75, 3.05) is 11.1 Å². The van der Waals surface area contributed by atoms with Crippen molar-refractivity contribution >= 4 is 11.6 Å². The SMILES string of the molecule is Cc1c(N)nc(C2CC2)nc1NC(C)(C)C(C)O. The Labute approximate surface area is 108 Å². The molecular formula is C13H22N4O. The second kappa shape index (κ2) is 4.39. The van der Waals surface area contributed by atoms with Gasteiger partial charge in [0.1, 0.15) is 17.5 Å². The van der Waals surface area contributed by atoms with E-state index < -0.39 is 11.6 Å². The van der Waals surface area contributed by atoms with Gasteiger partial charge in [-0.25, -0.2) is 9.97 Å². The Morgan fingerprint density at radius 1 is 1.39 bits per heavy atom. The van der Waals surface area contributed by atoms with Crippen LogP contribution in [0.4, 0.5) is 11.6 Å². The lowest BCUT2D eigenvalue weighted by atomic mass is 9.98. The Kier molecular flexibility index (Phi) is 3.19. The van der Waals surface area contributed by atoms with E-state index in [-0.39, 0.29) is 0 Å². The molecule has 1 aromatic heterocycles. The van der Waals surface area contributed by atoms with Crippen LogP contribution >= 0.6 is 0 Å². The summed E-state index contributed by atoms with van der Waals surface area (Å²) in [5.74, 6) is 2.54. The molecule has 1 heterocycles. The van der Waals surface area contributed by atoms with E-state index in [9.17, 15) is 5.11 Å². The van der Waals surface area contributed by atoms with Gasteiger partial charge in [0, 0.05) is 11.5 Å². The number of rotatable bonds is 4. The molecule has 4 N–H and O–H groups in total. The molecule has 100 valence electrons. The van der Waals surface area contributed by atoms with Crippen LogP contribution in [-0.2, 0) is 0 Å². The summed E-state index contributed by atoms with van der Waals surface area (Å²) >= 11 is 0. The summed E-state index contributed by atoms with van der Waals surface area (Å²) < 4.78 is 0. The summed E-state index contributed by atoms with van der Waals surface area (Å²) in [5, 5.41) is 13.0. The quantitative estimate of drug-likeness (QED) is 0.759. The number of aliphatic hydroxyl groups is 1. The molecule has 0 radical (unpaired) electrons. The van der Waals surface area contributed by atoms with Crippen molar-refractivity contribution < 1.29 is 5.11 Å². The molecular weight excluding hydrogens is 228 g/mol. The number of nitrogens with two attached hydrogens (primary N) is 1. The topological polar surface area (TPSA) is 84.1 Å². The Bertz CT molecular complexity index is 453. The van der Waals surface area contributed by atoms with Crippen molar-refractivity contribution in [2.45, 2.75) is 58.1 Å². The molecule has 0 bridgehead atoms. The number of anilines is 2. The van der Waals surface area contributed by atoms with Gasteiger partial charge in [-0.15, -0.1) is 0 Å². The van der Waals surface area contributed by atoms with Gasteiger partial charge in [0.25, 0.3) is 0 Å². The van der Waals surface area contributed by atoms with Crippen LogP contribution in [0.3, 0.4) is 0 Å². The van der Waals surface area contributed by atoms with Crippen molar-refractivity contribution in [3.63, 3.8) is 0 Å². The van der Waals surface area contributed by atoms with Crippen molar-refractivity contribution in [3.8, 4) is 0 Å². The fourth-order valence-electron chi connectivity index (χ4n) is 1.61. The van der Waals surface area contributed by atoms with Crippen LogP contribution in [0.15, 0.2) is 0 Å². The summed E-state index contributed by atoms with van der Waals surface area (Å²) in [4.78, 5) is 8.88. The predicted molar refractivity (Wildman–Crippen MR) is 72.5 cm³/mol. The van der Waals surface area contributed by atoms with Gasteiger partial charge in [0.2, 0.25) is 0 Å². The van der Waals surface area contributed by atoms with Gasteiger partial charge in [0.05, 0.1) is 11.6 Å². The first-order valence-corrected chi connectivity index (χ1v) is 6.41. The van der Waals surface area contributed by atoms with E-state index in [2.05, 4.69) is 15.3 Å². The van der Waals surface area contributed by atoms with E-state index in [4.69, 9.17) is 5.73 Å². The number of aliphatic hydroxyl groups excluding tert-OH is 1. The zero-order chi connectivity index (χ0) is 13.5. The monoisotopic (exact) mass is 250 g/mol. The average molecular weight is 250 g/mol. The maximum atomic E-state index is 9.76. The lowest BCUT2D eigenvalue weighted by molar-refractivity contribution is 0.133. The molecule has 1 aliphatic rings. The van der Waals surface area contributed by atoms with Gasteiger partial charge >= 0.3 is 0 Å². The van der Waals surface area contributed by atoms with Crippen LogP contribution in [0.2, 0.25) is 0 Å². The van der Waals surface area contributed by atoms with Crippen LogP contribution in [0.1, 0.15) is 50.9 Å². The van der Waals surface area contributed by atoms with E-state index in [1.165, 1.54) is 0 Å². The van der Waals surface area contributed by atoms with Crippen LogP contribution < -0.4 is 11.1 Å². The standard InChI is InChI=1S/C13H22N4O/c1-7-10(14)15-12(9-5-6-9)16-11(7)17-13(3,4)8(2)18/h8-9,18H,5-6H2,1-4H3,(H3,14,15,16,17). The zero-order valence-corrected chi connectivity index (χ0v) is 11.5. The van der Waals surface area contributed by atoms with E-state index in [0.717, 1.165) is 30.0 Å². The van der Waals surface area contributed by atoms with Crippen molar-refractivity contribution in [2.24, 2.45) is 0 Å². The third kappa shape index (κ3) is 2.56. The molecule has 1 saturated carbocycles. The lowest BCUT2D eigenvalue weighted by Crippen LogP contribution is -2.42. The minimum atomic E-state index is -0.488. The molecule has 5 heteroatoms.